The van der Waals surface area contributed by atoms with E-state index in [1.165, 1.54) is 3.88 Å². The van der Waals surface area contributed by atoms with Crippen molar-refractivity contribution in [2.45, 2.75) is 82.3 Å². The zero-order valence-corrected chi connectivity index (χ0v) is 23.5. The van der Waals surface area contributed by atoms with Gasteiger partial charge in [0.2, 0.25) is 0 Å². The molecule has 0 atom stereocenters. The van der Waals surface area contributed by atoms with Crippen LogP contribution >= 0.6 is 24.8 Å². The molecule has 0 heterocycles. The summed E-state index contributed by atoms with van der Waals surface area (Å²) in [6, 6.07) is 0. The summed E-state index contributed by atoms with van der Waals surface area (Å²) in [5.41, 5.74) is -0.0388. The fourth-order valence-corrected chi connectivity index (χ4v) is 51.4. The molecule has 0 amide bonds. The minimum absolute atomic E-state index is 0. The molecule has 0 saturated heterocycles. The Labute approximate surface area is 167 Å². The SMILES string of the molecule is Cl.Cl.[CH2]=[Ti]([CH3])([CH2]C)([NH]C(C)(C)C)([O][Si](C)(C)C)([C]1=CC=CC1)[SiH](C)C. The second-order valence-electron chi connectivity index (χ2n) is 11.5. The summed E-state index contributed by atoms with van der Waals surface area (Å²) >= 11 is -4.86. The molecular formula is C18H43Cl2NOSi2Ti. The van der Waals surface area contributed by atoms with Crippen LogP contribution in [0.5, 0.6) is 0 Å². The van der Waals surface area contributed by atoms with E-state index in [4.69, 9.17) is 7.82 Å². The van der Waals surface area contributed by atoms with Crippen LogP contribution in [0.2, 0.25) is 42.7 Å². The number of hydrogen-bond donors (Lipinski definition) is 1. The Morgan fingerprint density at radius 1 is 1.24 bits per heavy atom. The predicted octanol–water partition coefficient (Wildman–Crippen LogP) is 6.41. The van der Waals surface area contributed by atoms with Gasteiger partial charge in [0, 0.05) is 0 Å². The Balaban J connectivity index is 0. The van der Waals surface area contributed by atoms with Crippen LogP contribution in [0.15, 0.2) is 22.1 Å². The Bertz CT molecular complexity index is 677. The quantitative estimate of drug-likeness (QED) is 0.459. The molecule has 1 aliphatic rings. The van der Waals surface area contributed by atoms with E-state index in [1.54, 1.807) is 0 Å². The third-order valence-corrected chi connectivity index (χ3v) is 56.8. The fraction of sp³-hybridized carbons (Fsp3) is 0.722. The van der Waals surface area contributed by atoms with Crippen LogP contribution in [0.1, 0.15) is 34.1 Å². The molecule has 1 N–H and O–H groups in total. The van der Waals surface area contributed by atoms with Gasteiger partial charge in [-0.15, -0.1) is 24.8 Å². The van der Waals surface area contributed by atoms with Gasteiger partial charge in [-0.2, -0.15) is 0 Å². The van der Waals surface area contributed by atoms with Crippen LogP contribution in [-0.4, -0.2) is 25.3 Å². The van der Waals surface area contributed by atoms with Crippen LogP contribution in [0.25, 0.3) is 0 Å². The molecule has 0 aromatic carbocycles. The summed E-state index contributed by atoms with van der Waals surface area (Å²) in [5.74, 6) is 0. The number of allylic oxidation sites excluding steroid dienone is 4. The average molecular weight is 464 g/mol. The zero-order valence-electron chi connectivity index (χ0n) is 18.2. The van der Waals surface area contributed by atoms with Gasteiger partial charge in [-0.05, 0) is 0 Å². The zero-order chi connectivity index (χ0) is 18.5. The van der Waals surface area contributed by atoms with Crippen molar-refractivity contribution in [2.75, 3.05) is 0 Å². The predicted molar refractivity (Wildman–Crippen MR) is 126 cm³/mol. The molecule has 1 aliphatic carbocycles. The summed E-state index contributed by atoms with van der Waals surface area (Å²) in [6.45, 7) is 19.7. The standard InChI is InChI=1S/C5H5.C4H10N.C3H9OSi.C2H7Si.C2H5.CH3.CH2.2ClH.Ti/c1-2-4-5-3-1;1-4(2,3)5;1-5(2,3)4;1-3-2;1-2;;;;;/h1-3H,4H2;5H,1-3H3;1-3H3;3H,1-2H3;1H2,2H3;1H3;1H2;2*1H;/q;2*-1;;;;;;;+2. The van der Waals surface area contributed by atoms with Crippen molar-refractivity contribution >= 4 is 44.6 Å². The van der Waals surface area contributed by atoms with Crippen LogP contribution in [0.3, 0.4) is 0 Å². The van der Waals surface area contributed by atoms with Gasteiger partial charge in [0.15, 0.2) is 0 Å². The third-order valence-electron chi connectivity index (χ3n) is 7.11. The Kier molecular flexibility index (Phi) is 7.35. The van der Waals surface area contributed by atoms with Gasteiger partial charge < -0.3 is 0 Å². The van der Waals surface area contributed by atoms with Gasteiger partial charge in [-0.25, -0.2) is 0 Å². The van der Waals surface area contributed by atoms with Crippen molar-refractivity contribution < 1.29 is 15.2 Å². The number of rotatable bonds is 6. The molecule has 1 rings (SSSR count). The molecule has 25 heavy (non-hydrogen) atoms. The van der Waals surface area contributed by atoms with Gasteiger partial charge in [0.25, 0.3) is 0 Å². The first kappa shape index (κ1) is 28.2. The third kappa shape index (κ3) is 4.22. The number of hydrogen-bond acceptors (Lipinski definition) is 2. The number of halogens is 2. The minimum atomic E-state index is -4.86. The topological polar surface area (TPSA) is 21.3 Å². The van der Waals surface area contributed by atoms with E-state index < -0.39 is 27.2 Å². The van der Waals surface area contributed by atoms with E-state index in [-0.39, 0.29) is 30.4 Å². The summed E-state index contributed by atoms with van der Waals surface area (Å²) in [5, 5.41) is 2.48. The molecule has 0 aromatic heterocycles. The van der Waals surface area contributed by atoms with E-state index in [0.29, 0.717) is 0 Å². The summed E-state index contributed by atoms with van der Waals surface area (Å²) < 4.78 is 14.2. The molecule has 0 aliphatic heterocycles. The van der Waals surface area contributed by atoms with Crippen LogP contribution in [0.4, 0.5) is 0 Å². The first-order chi connectivity index (χ1) is 9.88. The summed E-state index contributed by atoms with van der Waals surface area (Å²) in [4.78, 5) is 5.27. The molecule has 0 saturated carbocycles. The van der Waals surface area contributed by atoms with Gasteiger partial charge in [0.05, 0.1) is 0 Å². The molecule has 0 fully saturated rings. The van der Waals surface area contributed by atoms with Crippen molar-refractivity contribution in [2.24, 2.45) is 0 Å². The monoisotopic (exact) mass is 463 g/mol. The van der Waals surface area contributed by atoms with E-state index >= 15 is 0 Å². The number of nitrogens with one attached hydrogen (secondary N) is 1. The van der Waals surface area contributed by atoms with Crippen LogP contribution < -0.4 is 3.80 Å². The van der Waals surface area contributed by atoms with Crippen molar-refractivity contribution in [3.8, 4) is 0 Å². The second kappa shape index (κ2) is 6.52. The van der Waals surface area contributed by atoms with Gasteiger partial charge in [-0.3, -0.25) is 0 Å². The van der Waals surface area contributed by atoms with Crippen LogP contribution in [-0.2, 0) is 15.2 Å². The molecule has 2 nitrogen and oxygen atoms in total. The maximum absolute atomic E-state index is 7.51. The van der Waals surface area contributed by atoms with Crippen molar-refractivity contribution in [1.29, 1.82) is 0 Å². The molecule has 0 bridgehead atoms. The molecule has 7 heteroatoms. The van der Waals surface area contributed by atoms with Crippen molar-refractivity contribution in [1.82, 2.24) is 3.80 Å². The first-order valence-corrected chi connectivity index (χ1v) is 24.2. The average Bonchev–Trinajstić information content (AvgIpc) is 2.79. The van der Waals surface area contributed by atoms with Gasteiger partial charge in [-0.1, -0.05) is 0 Å². The molecule has 0 unspecified atom stereocenters. The van der Waals surface area contributed by atoms with Gasteiger partial charge in [0.1, 0.15) is 0 Å². The van der Waals surface area contributed by atoms with Crippen molar-refractivity contribution in [3.63, 3.8) is 0 Å². The van der Waals surface area contributed by atoms with Crippen molar-refractivity contribution in [3.05, 3.63) is 22.1 Å². The van der Waals surface area contributed by atoms with E-state index in [1.807, 2.05) is 0 Å². The normalized spacial score (nSPS) is 19.8. The molecule has 0 radical (unpaired) electrons. The Hall–Kier alpha value is 0.998. The molecule has 0 aromatic rings. The molecule has 152 valence electrons. The maximum atomic E-state index is 7.51. The Morgan fingerprint density at radius 3 is 1.96 bits per heavy atom. The summed E-state index contributed by atoms with van der Waals surface area (Å²) in [7, 11) is -1.84. The Morgan fingerprint density at radius 2 is 1.72 bits per heavy atom. The fourth-order valence-electron chi connectivity index (χ4n) is 5.46. The van der Waals surface area contributed by atoms with E-state index in [9.17, 15) is 0 Å². The first-order valence-electron chi connectivity index (χ1n) is 9.23. The molecular weight excluding hydrogens is 421 g/mol. The summed E-state index contributed by atoms with van der Waals surface area (Å²) in [6.07, 6.45) is 7.80. The van der Waals surface area contributed by atoms with E-state index in [0.717, 1.165) is 11.1 Å². The molecule has 0 spiro atoms. The van der Waals surface area contributed by atoms with Crippen LogP contribution in [0, 0.1) is 0 Å². The second-order valence-corrected chi connectivity index (χ2v) is 49.0. The van der Waals surface area contributed by atoms with E-state index in [2.05, 4.69) is 87.7 Å². The van der Waals surface area contributed by atoms with Gasteiger partial charge >= 0.3 is 143 Å².